The van der Waals surface area contributed by atoms with E-state index in [1.807, 2.05) is 36.4 Å². The first-order chi connectivity index (χ1) is 12.6. The molecule has 0 radical (unpaired) electrons. The highest BCUT2D eigenvalue weighted by molar-refractivity contribution is 5.93. The van der Waals surface area contributed by atoms with Gasteiger partial charge in [0.25, 0.3) is 5.91 Å². The minimum Gasteiger partial charge on any atom is -0.380 e. The Morgan fingerprint density at radius 2 is 1.96 bits per heavy atom. The van der Waals surface area contributed by atoms with Crippen molar-refractivity contribution in [2.45, 2.75) is 19.9 Å². The molecule has 6 heteroatoms. The smallest absolute Gasteiger partial charge is 0.273 e. The second-order valence-corrected chi connectivity index (χ2v) is 6.39. The molecule has 0 aliphatic rings. The molecule has 3 rings (SSSR count). The normalized spacial score (nSPS) is 12.0. The lowest BCUT2D eigenvalue weighted by atomic mass is 10.0. The maximum Gasteiger partial charge on any atom is 0.273 e. The summed E-state index contributed by atoms with van der Waals surface area (Å²) in [5.74, 6) is 0.606. The largest absolute Gasteiger partial charge is 0.380 e. The van der Waals surface area contributed by atoms with E-state index >= 15 is 0 Å². The summed E-state index contributed by atoms with van der Waals surface area (Å²) < 4.78 is 5.26. The molecule has 3 aromatic rings. The third-order valence-corrected chi connectivity index (χ3v) is 4.10. The van der Waals surface area contributed by atoms with Gasteiger partial charge in [-0.1, -0.05) is 37.2 Å². The fourth-order valence-electron chi connectivity index (χ4n) is 2.52. The predicted molar refractivity (Wildman–Crippen MR) is 101 cm³/mol. The standard InChI is InChI=1S/C20H22N4O2/c1-14(2)18(23-16-8-4-3-5-9-16)13-22-20(25)17-11-19(26-24-17)15-7-6-10-21-12-15/h3-12,14,18,23H,13H2,1-2H3,(H,22,25)/t18-/m1/s1. The lowest BCUT2D eigenvalue weighted by Gasteiger charge is -2.23. The van der Waals surface area contributed by atoms with Crippen LogP contribution in [0.2, 0.25) is 0 Å². The molecule has 0 spiro atoms. The highest BCUT2D eigenvalue weighted by atomic mass is 16.5. The van der Waals surface area contributed by atoms with Crippen LogP contribution in [0.5, 0.6) is 0 Å². The molecule has 0 fully saturated rings. The fourth-order valence-corrected chi connectivity index (χ4v) is 2.52. The van der Waals surface area contributed by atoms with Crippen LogP contribution in [0, 0.1) is 5.92 Å². The number of hydrogen-bond donors (Lipinski definition) is 2. The van der Waals surface area contributed by atoms with Crippen LogP contribution in [0.25, 0.3) is 11.3 Å². The molecule has 0 unspecified atom stereocenters. The number of carbonyl (C=O) groups is 1. The lowest BCUT2D eigenvalue weighted by Crippen LogP contribution is -2.39. The van der Waals surface area contributed by atoms with E-state index in [9.17, 15) is 4.79 Å². The maximum absolute atomic E-state index is 12.4. The number of carbonyl (C=O) groups excluding carboxylic acids is 1. The number of rotatable bonds is 7. The topological polar surface area (TPSA) is 80.1 Å². The molecule has 1 atom stereocenters. The Morgan fingerprint density at radius 3 is 2.65 bits per heavy atom. The summed E-state index contributed by atoms with van der Waals surface area (Å²) in [4.78, 5) is 16.4. The van der Waals surface area contributed by atoms with Gasteiger partial charge in [-0.25, -0.2) is 0 Å². The maximum atomic E-state index is 12.4. The van der Waals surface area contributed by atoms with Crippen molar-refractivity contribution in [2.24, 2.45) is 5.92 Å². The second kappa shape index (κ2) is 8.29. The van der Waals surface area contributed by atoms with Gasteiger partial charge >= 0.3 is 0 Å². The number of amides is 1. The van der Waals surface area contributed by atoms with Crippen LogP contribution in [-0.4, -0.2) is 28.6 Å². The second-order valence-electron chi connectivity index (χ2n) is 6.39. The first kappa shape index (κ1) is 17.7. The van der Waals surface area contributed by atoms with Gasteiger partial charge in [0.15, 0.2) is 11.5 Å². The Balaban J connectivity index is 1.61. The fraction of sp³-hybridized carbons (Fsp3) is 0.250. The van der Waals surface area contributed by atoms with Gasteiger partial charge in [0, 0.05) is 42.3 Å². The van der Waals surface area contributed by atoms with E-state index < -0.39 is 0 Å². The van der Waals surface area contributed by atoms with Gasteiger partial charge in [0.05, 0.1) is 0 Å². The van der Waals surface area contributed by atoms with E-state index in [0.717, 1.165) is 11.3 Å². The van der Waals surface area contributed by atoms with Crippen molar-refractivity contribution in [3.05, 3.63) is 66.6 Å². The molecule has 0 bridgehead atoms. The van der Waals surface area contributed by atoms with E-state index in [4.69, 9.17) is 4.52 Å². The number of pyridine rings is 1. The SMILES string of the molecule is CC(C)[C@@H](CNC(=O)c1cc(-c2cccnc2)on1)Nc1ccccc1. The molecule has 0 aliphatic heterocycles. The highest BCUT2D eigenvalue weighted by Gasteiger charge is 2.18. The van der Waals surface area contributed by atoms with Gasteiger partial charge in [-0.15, -0.1) is 0 Å². The Bertz CT molecular complexity index is 831. The summed E-state index contributed by atoms with van der Waals surface area (Å²) in [6, 6.07) is 15.3. The summed E-state index contributed by atoms with van der Waals surface area (Å²) in [5, 5.41) is 10.2. The number of hydrogen-bond acceptors (Lipinski definition) is 5. The Hall–Kier alpha value is -3.15. The van der Waals surface area contributed by atoms with Gasteiger partial charge in [-0.05, 0) is 30.2 Å². The zero-order valence-corrected chi connectivity index (χ0v) is 14.8. The quantitative estimate of drug-likeness (QED) is 0.680. The Labute approximate surface area is 152 Å². The first-order valence-electron chi connectivity index (χ1n) is 8.60. The van der Waals surface area contributed by atoms with Crippen molar-refractivity contribution < 1.29 is 9.32 Å². The van der Waals surface area contributed by atoms with E-state index in [-0.39, 0.29) is 17.6 Å². The molecule has 2 N–H and O–H groups in total. The molecule has 0 saturated heterocycles. The number of nitrogens with one attached hydrogen (secondary N) is 2. The van der Waals surface area contributed by atoms with Crippen molar-refractivity contribution in [3.8, 4) is 11.3 Å². The summed E-state index contributed by atoms with van der Waals surface area (Å²) >= 11 is 0. The summed E-state index contributed by atoms with van der Waals surface area (Å²) in [5.41, 5.74) is 2.07. The Morgan fingerprint density at radius 1 is 1.15 bits per heavy atom. The molecule has 2 heterocycles. The average Bonchev–Trinajstić information content (AvgIpc) is 3.16. The van der Waals surface area contributed by atoms with Crippen LogP contribution >= 0.6 is 0 Å². The van der Waals surface area contributed by atoms with Crippen molar-refractivity contribution in [1.29, 1.82) is 0 Å². The summed E-state index contributed by atoms with van der Waals surface area (Å²) in [6.45, 7) is 4.72. The van der Waals surface area contributed by atoms with Crippen LogP contribution < -0.4 is 10.6 Å². The van der Waals surface area contributed by atoms with Crippen LogP contribution in [0.15, 0.2) is 65.4 Å². The van der Waals surface area contributed by atoms with Crippen LogP contribution in [0.1, 0.15) is 24.3 Å². The first-order valence-corrected chi connectivity index (χ1v) is 8.60. The minimum atomic E-state index is -0.260. The zero-order chi connectivity index (χ0) is 18.4. The van der Waals surface area contributed by atoms with Crippen molar-refractivity contribution in [2.75, 3.05) is 11.9 Å². The van der Waals surface area contributed by atoms with Gasteiger partial charge in [0.2, 0.25) is 0 Å². The molecular weight excluding hydrogens is 328 g/mol. The number of para-hydroxylation sites is 1. The van der Waals surface area contributed by atoms with E-state index in [0.29, 0.717) is 18.2 Å². The number of nitrogens with zero attached hydrogens (tertiary/aromatic N) is 2. The molecule has 6 nitrogen and oxygen atoms in total. The van der Waals surface area contributed by atoms with E-state index in [1.54, 1.807) is 24.5 Å². The van der Waals surface area contributed by atoms with Gasteiger partial charge in [-0.2, -0.15) is 0 Å². The van der Waals surface area contributed by atoms with Gasteiger partial charge in [-0.3, -0.25) is 9.78 Å². The molecule has 0 saturated carbocycles. The highest BCUT2D eigenvalue weighted by Crippen LogP contribution is 2.19. The average molecular weight is 350 g/mol. The molecule has 1 aromatic carbocycles. The van der Waals surface area contributed by atoms with Crippen LogP contribution in [-0.2, 0) is 0 Å². The summed E-state index contributed by atoms with van der Waals surface area (Å²) in [7, 11) is 0. The van der Waals surface area contributed by atoms with E-state index in [1.165, 1.54) is 0 Å². The van der Waals surface area contributed by atoms with Gasteiger partial charge in [0.1, 0.15) is 0 Å². The molecule has 1 amide bonds. The molecular formula is C20H22N4O2. The van der Waals surface area contributed by atoms with Crippen molar-refractivity contribution >= 4 is 11.6 Å². The van der Waals surface area contributed by atoms with Gasteiger partial charge < -0.3 is 15.2 Å². The lowest BCUT2D eigenvalue weighted by molar-refractivity contribution is 0.0941. The monoisotopic (exact) mass is 350 g/mol. The third kappa shape index (κ3) is 4.47. The van der Waals surface area contributed by atoms with Crippen LogP contribution in [0.4, 0.5) is 5.69 Å². The zero-order valence-electron chi connectivity index (χ0n) is 14.8. The molecule has 0 aliphatic carbocycles. The molecule has 134 valence electrons. The predicted octanol–water partition coefficient (Wildman–Crippen LogP) is 3.60. The van der Waals surface area contributed by atoms with E-state index in [2.05, 4.69) is 34.6 Å². The number of benzene rings is 1. The van der Waals surface area contributed by atoms with Crippen molar-refractivity contribution in [3.63, 3.8) is 0 Å². The molecule has 26 heavy (non-hydrogen) atoms. The number of aromatic nitrogens is 2. The number of anilines is 1. The van der Waals surface area contributed by atoms with Crippen LogP contribution in [0.3, 0.4) is 0 Å². The summed E-state index contributed by atoms with van der Waals surface area (Å²) in [6.07, 6.45) is 3.35. The minimum absolute atomic E-state index is 0.103. The third-order valence-electron chi connectivity index (χ3n) is 4.10. The van der Waals surface area contributed by atoms with Crippen molar-refractivity contribution in [1.82, 2.24) is 15.5 Å². The Kier molecular flexibility index (Phi) is 5.63. The molecule has 2 aromatic heterocycles.